The molecule has 0 spiro atoms. The lowest BCUT2D eigenvalue weighted by atomic mass is 9.95. The number of anilines is 1. The second-order valence-corrected chi connectivity index (χ2v) is 11.9. The van der Waals surface area contributed by atoms with Gasteiger partial charge in [0.2, 0.25) is 5.91 Å². The van der Waals surface area contributed by atoms with E-state index in [-0.39, 0.29) is 24.5 Å². The molecule has 0 unspecified atom stereocenters. The summed E-state index contributed by atoms with van der Waals surface area (Å²) in [5.74, 6) is 0.210. The zero-order chi connectivity index (χ0) is 27.2. The topological polar surface area (TPSA) is 71.4 Å². The van der Waals surface area contributed by atoms with Crippen molar-refractivity contribution >= 4 is 22.9 Å². The maximum absolute atomic E-state index is 12.9. The van der Waals surface area contributed by atoms with E-state index in [0.29, 0.717) is 12.3 Å². The molecule has 2 atom stereocenters. The summed E-state index contributed by atoms with van der Waals surface area (Å²) in [6.07, 6.45) is 3.46. The van der Waals surface area contributed by atoms with Gasteiger partial charge in [0.05, 0.1) is 18.2 Å². The van der Waals surface area contributed by atoms with E-state index >= 15 is 0 Å². The molecule has 2 N–H and O–H groups in total. The van der Waals surface area contributed by atoms with E-state index in [1.165, 1.54) is 42.7 Å². The van der Waals surface area contributed by atoms with Gasteiger partial charge in [0.1, 0.15) is 6.54 Å². The number of hydrogen-bond acceptors (Lipinski definition) is 6. The average molecular weight is 542 g/mol. The number of carbonyl (C=O) groups is 1. The minimum atomic E-state index is -0.387. The van der Waals surface area contributed by atoms with Crippen molar-refractivity contribution in [2.45, 2.75) is 51.2 Å². The van der Waals surface area contributed by atoms with E-state index in [4.69, 9.17) is 5.26 Å². The van der Waals surface area contributed by atoms with E-state index in [0.717, 1.165) is 30.3 Å². The smallest absolute Gasteiger partial charge is 0.237 e. The molecule has 7 heteroatoms. The number of nitriles is 1. The third kappa shape index (κ3) is 7.07. The molecule has 1 saturated heterocycles. The summed E-state index contributed by atoms with van der Waals surface area (Å²) in [5.41, 5.74) is 5.94. The van der Waals surface area contributed by atoms with Crippen molar-refractivity contribution in [3.05, 3.63) is 76.5 Å². The zero-order valence-electron chi connectivity index (χ0n) is 23.0. The number of amides is 1. The molecule has 5 rings (SSSR count). The Kier molecular flexibility index (Phi) is 8.98. The molecular weight excluding hydrogens is 502 g/mol. The predicted molar refractivity (Wildman–Crippen MR) is 160 cm³/mol. The highest BCUT2D eigenvalue weighted by Crippen LogP contribution is 2.31. The first-order chi connectivity index (χ1) is 19.0. The van der Waals surface area contributed by atoms with Gasteiger partial charge in [-0.3, -0.25) is 15.0 Å². The van der Waals surface area contributed by atoms with E-state index in [2.05, 4.69) is 99.6 Å². The van der Waals surface area contributed by atoms with Crippen LogP contribution in [0.2, 0.25) is 0 Å². The van der Waals surface area contributed by atoms with Crippen molar-refractivity contribution < 1.29 is 4.79 Å². The number of carbonyl (C=O) groups excluding carboxylic acids is 1. The predicted octanol–water partition coefficient (Wildman–Crippen LogP) is 5.43. The highest BCUT2D eigenvalue weighted by Gasteiger charge is 2.31. The second kappa shape index (κ2) is 12.8. The van der Waals surface area contributed by atoms with Crippen LogP contribution in [-0.2, 0) is 4.79 Å². The molecule has 1 aliphatic carbocycles. The SMILES string of the molecule is CC(C)C[C@H](N[C@@H](c1ccc(-c2ccc(N3CCN(C4CC4)CC3)cc2)cc1)c1ccsc1)C(=O)NCC#N. The van der Waals surface area contributed by atoms with Crippen LogP contribution in [0.4, 0.5) is 5.69 Å². The summed E-state index contributed by atoms with van der Waals surface area (Å²) in [4.78, 5) is 18.0. The molecule has 1 amide bonds. The number of rotatable bonds is 11. The van der Waals surface area contributed by atoms with Gasteiger partial charge in [-0.2, -0.15) is 16.6 Å². The van der Waals surface area contributed by atoms with Crippen molar-refractivity contribution in [1.82, 2.24) is 15.5 Å². The molecule has 39 heavy (non-hydrogen) atoms. The average Bonchev–Trinajstić information content (AvgIpc) is 3.68. The van der Waals surface area contributed by atoms with Gasteiger partial charge in [-0.05, 0) is 76.4 Å². The highest BCUT2D eigenvalue weighted by atomic mass is 32.1. The van der Waals surface area contributed by atoms with Crippen LogP contribution < -0.4 is 15.5 Å². The first-order valence-corrected chi connectivity index (χ1v) is 15.1. The fraction of sp³-hybridized carbons (Fsp3) is 0.438. The zero-order valence-corrected chi connectivity index (χ0v) is 23.8. The van der Waals surface area contributed by atoms with Crippen LogP contribution in [0.3, 0.4) is 0 Å². The summed E-state index contributed by atoms with van der Waals surface area (Å²) in [6.45, 7) is 8.79. The fourth-order valence-corrected chi connectivity index (χ4v) is 6.20. The number of benzene rings is 2. The van der Waals surface area contributed by atoms with E-state index in [1.807, 2.05) is 6.07 Å². The number of piperazine rings is 1. The van der Waals surface area contributed by atoms with Gasteiger partial charge >= 0.3 is 0 Å². The van der Waals surface area contributed by atoms with Crippen LogP contribution in [0, 0.1) is 17.2 Å². The molecule has 1 saturated carbocycles. The largest absolute Gasteiger partial charge is 0.369 e. The van der Waals surface area contributed by atoms with Crippen LogP contribution >= 0.6 is 11.3 Å². The molecule has 2 fully saturated rings. The quantitative estimate of drug-likeness (QED) is 0.317. The summed E-state index contributed by atoms with van der Waals surface area (Å²) in [5, 5.41) is 19.5. The summed E-state index contributed by atoms with van der Waals surface area (Å²) in [7, 11) is 0. The Bertz CT molecular complexity index is 1240. The Morgan fingerprint density at radius 2 is 1.64 bits per heavy atom. The van der Waals surface area contributed by atoms with Gasteiger partial charge in [0.25, 0.3) is 0 Å². The summed E-state index contributed by atoms with van der Waals surface area (Å²) in [6, 6.07) is 22.1. The van der Waals surface area contributed by atoms with Crippen LogP contribution in [0.5, 0.6) is 0 Å². The van der Waals surface area contributed by atoms with Crippen LogP contribution in [0.1, 0.15) is 50.3 Å². The Morgan fingerprint density at radius 1 is 0.974 bits per heavy atom. The number of thiophene rings is 1. The number of nitrogens with zero attached hydrogens (tertiary/aromatic N) is 3. The Labute approximate surface area is 236 Å². The maximum atomic E-state index is 12.9. The minimum absolute atomic E-state index is 0.0163. The molecule has 3 aromatic rings. The molecule has 0 radical (unpaired) electrons. The Balaban J connectivity index is 1.29. The van der Waals surface area contributed by atoms with Crippen molar-refractivity contribution in [2.24, 2.45) is 5.92 Å². The van der Waals surface area contributed by atoms with Crippen molar-refractivity contribution in [3.63, 3.8) is 0 Å². The monoisotopic (exact) mass is 541 g/mol. The van der Waals surface area contributed by atoms with Gasteiger partial charge in [0.15, 0.2) is 0 Å². The molecular formula is C32H39N5OS. The van der Waals surface area contributed by atoms with Crippen LogP contribution in [0.15, 0.2) is 65.4 Å². The minimum Gasteiger partial charge on any atom is -0.369 e. The molecule has 0 bridgehead atoms. The standard InChI is InChI=1S/C32H39N5OS/c1-23(2)21-30(32(38)34-15-14-33)35-31(27-13-20-39-22-27)26-5-3-24(4-6-26)25-7-9-28(10-8-25)36-16-18-37(19-17-36)29-11-12-29/h3-10,13,20,22-23,29-31,35H,11-12,15-19,21H2,1-2H3,(H,34,38)/t30-,31-/m0/s1. The van der Waals surface area contributed by atoms with E-state index in [1.54, 1.807) is 11.3 Å². The Hall–Kier alpha value is -3.18. The molecule has 2 aliphatic rings. The number of nitrogens with one attached hydrogen (secondary N) is 2. The fourth-order valence-electron chi connectivity index (χ4n) is 5.52. The van der Waals surface area contributed by atoms with Crippen molar-refractivity contribution in [2.75, 3.05) is 37.6 Å². The van der Waals surface area contributed by atoms with Gasteiger partial charge in [-0.1, -0.05) is 50.2 Å². The van der Waals surface area contributed by atoms with Gasteiger partial charge in [-0.25, -0.2) is 0 Å². The number of hydrogen-bond donors (Lipinski definition) is 2. The molecule has 1 aliphatic heterocycles. The van der Waals surface area contributed by atoms with Gasteiger partial charge in [-0.15, -0.1) is 0 Å². The van der Waals surface area contributed by atoms with E-state index in [9.17, 15) is 4.79 Å². The maximum Gasteiger partial charge on any atom is 0.237 e. The lowest BCUT2D eigenvalue weighted by Gasteiger charge is -2.36. The third-order valence-electron chi connectivity index (χ3n) is 7.80. The first kappa shape index (κ1) is 27.4. The van der Waals surface area contributed by atoms with Crippen LogP contribution in [-0.4, -0.2) is 55.6 Å². The van der Waals surface area contributed by atoms with Gasteiger partial charge in [0, 0.05) is 37.9 Å². The van der Waals surface area contributed by atoms with Crippen molar-refractivity contribution in [3.8, 4) is 17.2 Å². The lowest BCUT2D eigenvalue weighted by Crippen LogP contribution is -2.47. The first-order valence-electron chi connectivity index (χ1n) is 14.1. The van der Waals surface area contributed by atoms with Crippen LogP contribution in [0.25, 0.3) is 11.1 Å². The summed E-state index contributed by atoms with van der Waals surface area (Å²) < 4.78 is 0. The Morgan fingerprint density at radius 3 is 2.21 bits per heavy atom. The molecule has 2 heterocycles. The third-order valence-corrected chi connectivity index (χ3v) is 8.50. The van der Waals surface area contributed by atoms with Crippen molar-refractivity contribution in [1.29, 1.82) is 5.26 Å². The summed E-state index contributed by atoms with van der Waals surface area (Å²) >= 11 is 1.65. The molecule has 1 aromatic heterocycles. The van der Waals surface area contributed by atoms with Gasteiger partial charge < -0.3 is 10.2 Å². The highest BCUT2D eigenvalue weighted by molar-refractivity contribution is 7.08. The molecule has 2 aromatic carbocycles. The van der Waals surface area contributed by atoms with E-state index < -0.39 is 0 Å². The normalized spacial score (nSPS) is 17.5. The molecule has 204 valence electrons. The second-order valence-electron chi connectivity index (χ2n) is 11.1. The molecule has 6 nitrogen and oxygen atoms in total. The lowest BCUT2D eigenvalue weighted by molar-refractivity contribution is -0.123.